The molecular formula is C19H27NO5. The predicted octanol–water partition coefficient (Wildman–Crippen LogP) is 2.89. The van der Waals surface area contributed by atoms with Gasteiger partial charge in [0.25, 0.3) is 0 Å². The van der Waals surface area contributed by atoms with Gasteiger partial charge in [-0.25, -0.2) is 0 Å². The number of benzene rings is 1. The van der Waals surface area contributed by atoms with Crippen LogP contribution in [0.25, 0.3) is 0 Å². The molecule has 6 heteroatoms. The van der Waals surface area contributed by atoms with Crippen LogP contribution in [0.4, 0.5) is 0 Å². The number of rotatable bonds is 9. The van der Waals surface area contributed by atoms with Crippen molar-refractivity contribution in [3.8, 4) is 11.5 Å². The SMILES string of the molecule is COc1ccc(C2(C(=O)NCCCCC(=O)O)CCCC2)cc1OC. The number of carboxylic acid groups (broad SMARTS) is 1. The molecule has 1 amide bonds. The van der Waals surface area contributed by atoms with Gasteiger partial charge in [-0.15, -0.1) is 0 Å². The Morgan fingerprint density at radius 2 is 1.80 bits per heavy atom. The predicted molar refractivity (Wildman–Crippen MR) is 94.2 cm³/mol. The van der Waals surface area contributed by atoms with Gasteiger partial charge >= 0.3 is 5.97 Å². The molecule has 2 N–H and O–H groups in total. The van der Waals surface area contributed by atoms with E-state index in [0.29, 0.717) is 30.9 Å². The Hall–Kier alpha value is -2.24. The minimum Gasteiger partial charge on any atom is -0.493 e. The Labute approximate surface area is 148 Å². The highest BCUT2D eigenvalue weighted by atomic mass is 16.5. The van der Waals surface area contributed by atoms with Gasteiger partial charge in [0.2, 0.25) is 5.91 Å². The van der Waals surface area contributed by atoms with Crippen LogP contribution < -0.4 is 14.8 Å². The van der Waals surface area contributed by atoms with Crippen molar-refractivity contribution in [1.29, 1.82) is 0 Å². The molecule has 1 aromatic carbocycles. The van der Waals surface area contributed by atoms with Gasteiger partial charge < -0.3 is 19.9 Å². The maximum absolute atomic E-state index is 12.9. The van der Waals surface area contributed by atoms with Crippen LogP contribution in [-0.4, -0.2) is 37.7 Å². The number of aliphatic carboxylic acids is 1. The topological polar surface area (TPSA) is 84.9 Å². The van der Waals surface area contributed by atoms with Gasteiger partial charge in [-0.1, -0.05) is 18.9 Å². The average Bonchev–Trinajstić information content (AvgIpc) is 3.11. The number of unbranched alkanes of at least 4 members (excludes halogenated alkanes) is 1. The van der Waals surface area contributed by atoms with Gasteiger partial charge in [0, 0.05) is 13.0 Å². The zero-order valence-corrected chi connectivity index (χ0v) is 15.0. The van der Waals surface area contributed by atoms with E-state index in [1.165, 1.54) is 0 Å². The largest absolute Gasteiger partial charge is 0.493 e. The first-order chi connectivity index (χ1) is 12.0. The van der Waals surface area contributed by atoms with Crippen molar-refractivity contribution in [3.05, 3.63) is 23.8 Å². The molecule has 1 fully saturated rings. The minimum atomic E-state index is -0.802. The molecule has 0 saturated heterocycles. The number of hydrogen-bond donors (Lipinski definition) is 2. The van der Waals surface area contributed by atoms with E-state index in [1.54, 1.807) is 14.2 Å². The zero-order valence-electron chi connectivity index (χ0n) is 15.0. The molecule has 0 radical (unpaired) electrons. The highest BCUT2D eigenvalue weighted by Gasteiger charge is 2.42. The van der Waals surface area contributed by atoms with Crippen molar-refractivity contribution in [2.24, 2.45) is 0 Å². The van der Waals surface area contributed by atoms with Crippen LogP contribution in [-0.2, 0) is 15.0 Å². The molecule has 0 spiro atoms. The van der Waals surface area contributed by atoms with Crippen LogP contribution in [0.2, 0.25) is 0 Å². The molecule has 0 aliphatic heterocycles. The highest BCUT2D eigenvalue weighted by molar-refractivity contribution is 5.88. The summed E-state index contributed by atoms with van der Waals surface area (Å²) in [5.41, 5.74) is 0.414. The summed E-state index contributed by atoms with van der Waals surface area (Å²) in [6, 6.07) is 5.68. The maximum atomic E-state index is 12.9. The molecule has 2 rings (SSSR count). The van der Waals surface area contributed by atoms with Crippen LogP contribution in [0.3, 0.4) is 0 Å². The third-order valence-electron chi connectivity index (χ3n) is 4.93. The second-order valence-electron chi connectivity index (χ2n) is 6.47. The quantitative estimate of drug-likeness (QED) is 0.670. The smallest absolute Gasteiger partial charge is 0.303 e. The number of methoxy groups -OCH3 is 2. The summed E-state index contributed by atoms with van der Waals surface area (Å²) in [5.74, 6) is 0.491. The Balaban J connectivity index is 2.10. The average molecular weight is 349 g/mol. The first kappa shape index (κ1) is 19.1. The van der Waals surface area contributed by atoms with E-state index in [1.807, 2.05) is 18.2 Å². The Morgan fingerprint density at radius 1 is 1.12 bits per heavy atom. The molecule has 1 aliphatic rings. The lowest BCUT2D eigenvalue weighted by Crippen LogP contribution is -2.43. The summed E-state index contributed by atoms with van der Waals surface area (Å²) in [6.45, 7) is 0.501. The second kappa shape index (κ2) is 8.74. The summed E-state index contributed by atoms with van der Waals surface area (Å²) in [7, 11) is 3.18. The summed E-state index contributed by atoms with van der Waals surface area (Å²) in [5, 5.41) is 11.7. The molecule has 1 aromatic rings. The molecule has 0 heterocycles. The maximum Gasteiger partial charge on any atom is 0.303 e. The van der Waals surface area contributed by atoms with Gasteiger partial charge in [-0.05, 0) is 43.4 Å². The molecule has 1 saturated carbocycles. The lowest BCUT2D eigenvalue weighted by molar-refractivity contribution is -0.137. The normalized spacial score (nSPS) is 15.6. The molecule has 0 unspecified atom stereocenters. The third-order valence-corrected chi connectivity index (χ3v) is 4.93. The third kappa shape index (κ3) is 4.44. The van der Waals surface area contributed by atoms with Crippen molar-refractivity contribution >= 4 is 11.9 Å². The molecule has 0 atom stereocenters. The molecular weight excluding hydrogens is 322 g/mol. The molecule has 6 nitrogen and oxygen atoms in total. The van der Waals surface area contributed by atoms with E-state index < -0.39 is 11.4 Å². The Kier molecular flexibility index (Phi) is 6.67. The van der Waals surface area contributed by atoms with Gasteiger partial charge in [0.05, 0.1) is 19.6 Å². The monoisotopic (exact) mass is 349 g/mol. The van der Waals surface area contributed by atoms with Gasteiger partial charge in [-0.3, -0.25) is 9.59 Å². The van der Waals surface area contributed by atoms with E-state index in [4.69, 9.17) is 14.6 Å². The first-order valence-electron chi connectivity index (χ1n) is 8.76. The van der Waals surface area contributed by atoms with Crippen molar-refractivity contribution in [3.63, 3.8) is 0 Å². The number of hydrogen-bond acceptors (Lipinski definition) is 4. The fraction of sp³-hybridized carbons (Fsp3) is 0.579. The number of ether oxygens (including phenoxy) is 2. The lowest BCUT2D eigenvalue weighted by atomic mass is 9.77. The number of carboxylic acids is 1. The van der Waals surface area contributed by atoms with E-state index in [0.717, 1.165) is 31.2 Å². The van der Waals surface area contributed by atoms with Gasteiger partial charge in [0.15, 0.2) is 11.5 Å². The van der Waals surface area contributed by atoms with Crippen LogP contribution in [0.1, 0.15) is 50.5 Å². The van der Waals surface area contributed by atoms with E-state index in [2.05, 4.69) is 5.32 Å². The number of amides is 1. The van der Waals surface area contributed by atoms with Crippen molar-refractivity contribution < 1.29 is 24.2 Å². The summed E-state index contributed by atoms with van der Waals surface area (Å²) in [6.07, 6.45) is 5.02. The summed E-state index contributed by atoms with van der Waals surface area (Å²) in [4.78, 5) is 23.5. The molecule has 0 bridgehead atoms. The highest BCUT2D eigenvalue weighted by Crippen LogP contribution is 2.43. The van der Waals surface area contributed by atoms with Crippen LogP contribution >= 0.6 is 0 Å². The fourth-order valence-corrected chi connectivity index (χ4v) is 3.53. The van der Waals surface area contributed by atoms with E-state index in [-0.39, 0.29) is 12.3 Å². The van der Waals surface area contributed by atoms with Gasteiger partial charge in [0.1, 0.15) is 0 Å². The van der Waals surface area contributed by atoms with E-state index >= 15 is 0 Å². The summed E-state index contributed by atoms with van der Waals surface area (Å²) < 4.78 is 10.7. The standard InChI is InChI=1S/C19H27NO5/c1-24-15-9-8-14(13-16(15)25-2)19(10-4-5-11-19)18(23)20-12-6-3-7-17(21)22/h8-9,13H,3-7,10-12H2,1-2H3,(H,20,23)(H,21,22). The lowest BCUT2D eigenvalue weighted by Gasteiger charge is -2.29. The van der Waals surface area contributed by atoms with Gasteiger partial charge in [-0.2, -0.15) is 0 Å². The summed E-state index contributed by atoms with van der Waals surface area (Å²) >= 11 is 0. The van der Waals surface area contributed by atoms with Crippen molar-refractivity contribution in [1.82, 2.24) is 5.32 Å². The van der Waals surface area contributed by atoms with Crippen LogP contribution in [0.15, 0.2) is 18.2 Å². The molecule has 1 aliphatic carbocycles. The van der Waals surface area contributed by atoms with Crippen LogP contribution in [0.5, 0.6) is 11.5 Å². The first-order valence-corrected chi connectivity index (χ1v) is 8.76. The van der Waals surface area contributed by atoms with Crippen molar-refractivity contribution in [2.75, 3.05) is 20.8 Å². The Morgan fingerprint density at radius 3 is 2.40 bits per heavy atom. The molecule has 25 heavy (non-hydrogen) atoms. The number of carbonyl (C=O) groups excluding carboxylic acids is 1. The fourth-order valence-electron chi connectivity index (χ4n) is 3.53. The molecule has 138 valence electrons. The minimum absolute atomic E-state index is 0.0209. The number of carbonyl (C=O) groups is 2. The van der Waals surface area contributed by atoms with Crippen molar-refractivity contribution in [2.45, 2.75) is 50.4 Å². The molecule has 0 aromatic heterocycles. The van der Waals surface area contributed by atoms with E-state index in [9.17, 15) is 9.59 Å². The zero-order chi connectivity index (χ0) is 18.3. The second-order valence-corrected chi connectivity index (χ2v) is 6.47. The Bertz CT molecular complexity index is 608. The number of nitrogens with one attached hydrogen (secondary N) is 1. The van der Waals surface area contributed by atoms with Crippen LogP contribution in [0, 0.1) is 0 Å².